The van der Waals surface area contributed by atoms with E-state index in [1.165, 1.54) is 18.2 Å². The number of hydrogen-bond acceptors (Lipinski definition) is 3. The van der Waals surface area contributed by atoms with Gasteiger partial charge in [-0.15, -0.1) is 0 Å². The van der Waals surface area contributed by atoms with Gasteiger partial charge < -0.3 is 9.47 Å². The first-order valence-electron chi connectivity index (χ1n) is 5.29. The van der Waals surface area contributed by atoms with Gasteiger partial charge in [0, 0.05) is 10.6 Å². The molecule has 3 nitrogen and oxygen atoms in total. The zero-order valence-corrected chi connectivity index (χ0v) is 10.3. The standard InChI is InChI=1S/C12H12ClFO3/c1-3-16-11(15)10-12(2,17-10)8-5-4-7(14)6-9(8)13/h4-6,10H,3H2,1-2H3. The van der Waals surface area contributed by atoms with Gasteiger partial charge in [0.2, 0.25) is 0 Å². The number of esters is 1. The highest BCUT2D eigenvalue weighted by molar-refractivity contribution is 6.31. The van der Waals surface area contributed by atoms with Gasteiger partial charge in [-0.05, 0) is 26.0 Å². The van der Waals surface area contributed by atoms with Crippen molar-refractivity contribution in [3.63, 3.8) is 0 Å². The SMILES string of the molecule is CCOC(=O)C1OC1(C)c1ccc(F)cc1Cl. The fraction of sp³-hybridized carbons (Fsp3) is 0.417. The molecule has 0 amide bonds. The lowest BCUT2D eigenvalue weighted by Crippen LogP contribution is -2.19. The Morgan fingerprint density at radius 1 is 1.65 bits per heavy atom. The Hall–Kier alpha value is -1.13. The third kappa shape index (κ3) is 2.15. The van der Waals surface area contributed by atoms with Crippen LogP contribution in [-0.4, -0.2) is 18.7 Å². The molecule has 0 N–H and O–H groups in total. The molecular weight excluding hydrogens is 247 g/mol. The van der Waals surface area contributed by atoms with Gasteiger partial charge in [0.1, 0.15) is 11.4 Å². The van der Waals surface area contributed by atoms with Crippen LogP contribution in [0.4, 0.5) is 4.39 Å². The smallest absolute Gasteiger partial charge is 0.338 e. The van der Waals surface area contributed by atoms with Crippen molar-refractivity contribution in [2.45, 2.75) is 25.6 Å². The van der Waals surface area contributed by atoms with Gasteiger partial charge in [0.05, 0.1) is 6.61 Å². The first-order chi connectivity index (χ1) is 7.99. The molecule has 2 rings (SSSR count). The van der Waals surface area contributed by atoms with Crippen LogP contribution >= 0.6 is 11.6 Å². The minimum absolute atomic E-state index is 0.249. The van der Waals surface area contributed by atoms with Crippen LogP contribution in [0, 0.1) is 5.82 Å². The molecule has 2 atom stereocenters. The molecule has 0 bridgehead atoms. The van der Waals surface area contributed by atoms with Crippen molar-refractivity contribution in [3.05, 3.63) is 34.6 Å². The average Bonchev–Trinajstić information content (AvgIpc) is 2.92. The highest BCUT2D eigenvalue weighted by Gasteiger charge is 2.60. The summed E-state index contributed by atoms with van der Waals surface area (Å²) in [5.41, 5.74) is -0.213. The molecular formula is C12H12ClFO3. The van der Waals surface area contributed by atoms with Crippen molar-refractivity contribution in [1.29, 1.82) is 0 Å². The van der Waals surface area contributed by atoms with E-state index in [4.69, 9.17) is 21.1 Å². The molecule has 1 aliphatic rings. The first kappa shape index (κ1) is 12.3. The molecule has 1 heterocycles. The molecule has 1 saturated heterocycles. The summed E-state index contributed by atoms with van der Waals surface area (Å²) >= 11 is 5.93. The molecule has 0 aromatic heterocycles. The van der Waals surface area contributed by atoms with E-state index in [-0.39, 0.29) is 5.02 Å². The highest BCUT2D eigenvalue weighted by Crippen LogP contribution is 2.48. The van der Waals surface area contributed by atoms with Crippen LogP contribution in [0.15, 0.2) is 18.2 Å². The topological polar surface area (TPSA) is 38.8 Å². The highest BCUT2D eigenvalue weighted by atomic mass is 35.5. The molecule has 0 aliphatic carbocycles. The quantitative estimate of drug-likeness (QED) is 0.618. The van der Waals surface area contributed by atoms with Gasteiger partial charge in [0.25, 0.3) is 0 Å². The van der Waals surface area contributed by atoms with Gasteiger partial charge in [0.15, 0.2) is 6.10 Å². The Morgan fingerprint density at radius 3 is 2.94 bits per heavy atom. The van der Waals surface area contributed by atoms with E-state index in [1.54, 1.807) is 13.8 Å². The van der Waals surface area contributed by atoms with Gasteiger partial charge >= 0.3 is 5.97 Å². The Labute approximate surface area is 103 Å². The molecule has 0 spiro atoms. The van der Waals surface area contributed by atoms with E-state index < -0.39 is 23.5 Å². The van der Waals surface area contributed by atoms with Gasteiger partial charge in [-0.1, -0.05) is 17.7 Å². The lowest BCUT2D eigenvalue weighted by atomic mass is 9.97. The summed E-state index contributed by atoms with van der Waals surface area (Å²) in [6, 6.07) is 4.01. The minimum atomic E-state index is -0.808. The van der Waals surface area contributed by atoms with Gasteiger partial charge in [-0.3, -0.25) is 0 Å². The largest absolute Gasteiger partial charge is 0.464 e. The van der Waals surface area contributed by atoms with Crippen LogP contribution in [0.3, 0.4) is 0 Å². The molecule has 1 aliphatic heterocycles. The van der Waals surface area contributed by atoms with E-state index in [1.807, 2.05) is 0 Å². The van der Waals surface area contributed by atoms with Crippen molar-refractivity contribution in [1.82, 2.24) is 0 Å². The average molecular weight is 259 g/mol. The van der Waals surface area contributed by atoms with Crippen molar-refractivity contribution in [3.8, 4) is 0 Å². The van der Waals surface area contributed by atoms with Crippen molar-refractivity contribution >= 4 is 17.6 Å². The fourth-order valence-corrected chi connectivity index (χ4v) is 2.15. The summed E-state index contributed by atoms with van der Waals surface area (Å²) in [6.45, 7) is 3.75. The van der Waals surface area contributed by atoms with E-state index >= 15 is 0 Å². The van der Waals surface area contributed by atoms with Crippen LogP contribution in [0.25, 0.3) is 0 Å². The Balaban J connectivity index is 2.22. The number of benzene rings is 1. The number of carbonyl (C=O) groups excluding carboxylic acids is 1. The zero-order valence-electron chi connectivity index (χ0n) is 9.50. The summed E-state index contributed by atoms with van der Waals surface area (Å²) in [6.07, 6.45) is -0.662. The van der Waals surface area contributed by atoms with Crippen molar-refractivity contribution in [2.24, 2.45) is 0 Å². The number of ether oxygens (including phenoxy) is 2. The maximum Gasteiger partial charge on any atom is 0.338 e. The Bertz CT molecular complexity index is 463. The molecule has 1 fully saturated rings. The molecule has 17 heavy (non-hydrogen) atoms. The summed E-state index contributed by atoms with van der Waals surface area (Å²) in [5, 5.41) is 0.249. The third-order valence-corrected chi connectivity index (χ3v) is 3.09. The number of carbonyl (C=O) groups is 1. The second-order valence-electron chi connectivity index (χ2n) is 3.98. The fourth-order valence-electron chi connectivity index (χ4n) is 1.80. The number of epoxide rings is 1. The number of halogens is 2. The first-order valence-corrected chi connectivity index (χ1v) is 5.67. The predicted molar refractivity (Wildman–Crippen MR) is 60.3 cm³/mol. The molecule has 1 aromatic rings. The number of rotatable bonds is 3. The van der Waals surface area contributed by atoms with Crippen LogP contribution < -0.4 is 0 Å². The summed E-state index contributed by atoms with van der Waals surface area (Å²) in [4.78, 5) is 11.5. The molecule has 0 radical (unpaired) electrons. The second-order valence-corrected chi connectivity index (χ2v) is 4.39. The number of hydrogen-bond donors (Lipinski definition) is 0. The predicted octanol–water partition coefficient (Wildman–Crippen LogP) is 2.66. The van der Waals surface area contributed by atoms with Crippen LogP contribution in [0.2, 0.25) is 5.02 Å². The Kier molecular flexibility index (Phi) is 3.10. The van der Waals surface area contributed by atoms with E-state index in [9.17, 15) is 9.18 Å². The van der Waals surface area contributed by atoms with Gasteiger partial charge in [-0.2, -0.15) is 0 Å². The molecule has 1 aromatic carbocycles. The maximum atomic E-state index is 12.9. The summed E-state index contributed by atoms with van der Waals surface area (Å²) in [7, 11) is 0. The van der Waals surface area contributed by atoms with Crippen molar-refractivity contribution < 1.29 is 18.7 Å². The van der Waals surface area contributed by atoms with Crippen molar-refractivity contribution in [2.75, 3.05) is 6.61 Å². The summed E-state index contributed by atoms with van der Waals surface area (Å²) in [5.74, 6) is -0.842. The Morgan fingerprint density at radius 2 is 2.35 bits per heavy atom. The second kappa shape index (κ2) is 4.27. The third-order valence-electron chi connectivity index (χ3n) is 2.77. The molecule has 2 unspecified atom stereocenters. The zero-order chi connectivity index (χ0) is 12.6. The normalized spacial score (nSPS) is 26.7. The molecule has 5 heteroatoms. The van der Waals surface area contributed by atoms with E-state index in [0.29, 0.717) is 12.2 Å². The monoisotopic (exact) mass is 258 g/mol. The van der Waals surface area contributed by atoms with Crippen LogP contribution in [-0.2, 0) is 19.9 Å². The van der Waals surface area contributed by atoms with Crippen LogP contribution in [0.5, 0.6) is 0 Å². The lowest BCUT2D eigenvalue weighted by molar-refractivity contribution is -0.144. The maximum absolute atomic E-state index is 12.9. The van der Waals surface area contributed by atoms with E-state index in [0.717, 1.165) is 0 Å². The molecule has 92 valence electrons. The van der Waals surface area contributed by atoms with Crippen LogP contribution in [0.1, 0.15) is 19.4 Å². The van der Waals surface area contributed by atoms with E-state index in [2.05, 4.69) is 0 Å². The van der Waals surface area contributed by atoms with Gasteiger partial charge in [-0.25, -0.2) is 9.18 Å². The molecule has 0 saturated carbocycles. The summed E-state index contributed by atoms with van der Waals surface area (Å²) < 4.78 is 23.1. The lowest BCUT2D eigenvalue weighted by Gasteiger charge is -2.09. The minimum Gasteiger partial charge on any atom is -0.464 e.